The topological polar surface area (TPSA) is 76.0 Å². The summed E-state index contributed by atoms with van der Waals surface area (Å²) in [5.41, 5.74) is 1.54. The van der Waals surface area contributed by atoms with Gasteiger partial charge in [0.15, 0.2) is 6.10 Å². The normalized spacial score (nSPS) is 33.9. The van der Waals surface area contributed by atoms with E-state index in [-0.39, 0.29) is 13.0 Å². The van der Waals surface area contributed by atoms with Gasteiger partial charge in [0.05, 0.1) is 13.0 Å². The zero-order chi connectivity index (χ0) is 13.6. The highest BCUT2D eigenvalue weighted by Crippen LogP contribution is 2.36. The average Bonchev–Trinajstić information content (AvgIpc) is 2.68. The predicted molar refractivity (Wildman–Crippen MR) is 65.7 cm³/mol. The van der Waals surface area contributed by atoms with Gasteiger partial charge in [-0.1, -0.05) is 17.7 Å². The van der Waals surface area contributed by atoms with Crippen LogP contribution >= 0.6 is 11.6 Å². The van der Waals surface area contributed by atoms with Gasteiger partial charge in [-0.15, -0.1) is 0 Å². The number of hydrogen-bond acceptors (Lipinski definition) is 5. The van der Waals surface area contributed by atoms with E-state index in [9.17, 15) is 15.0 Å². The van der Waals surface area contributed by atoms with Crippen molar-refractivity contribution in [1.82, 2.24) is 0 Å². The summed E-state index contributed by atoms with van der Waals surface area (Å²) in [7, 11) is 0. The molecular weight excluding hydrogens is 272 g/mol. The maximum Gasteiger partial charge on any atom is 0.310 e. The van der Waals surface area contributed by atoms with Gasteiger partial charge in [-0.25, -0.2) is 0 Å². The summed E-state index contributed by atoms with van der Waals surface area (Å²) in [6, 6.07) is 5.17. The van der Waals surface area contributed by atoms with Crippen molar-refractivity contribution in [1.29, 1.82) is 0 Å². The van der Waals surface area contributed by atoms with Crippen LogP contribution in [0.5, 0.6) is 0 Å². The van der Waals surface area contributed by atoms with Gasteiger partial charge in [0.2, 0.25) is 0 Å². The van der Waals surface area contributed by atoms with Gasteiger partial charge in [0, 0.05) is 5.02 Å². The summed E-state index contributed by atoms with van der Waals surface area (Å²) < 4.78 is 10.6. The molecule has 2 N–H and O–H groups in total. The van der Waals surface area contributed by atoms with E-state index in [0.717, 1.165) is 11.1 Å². The third-order valence-corrected chi connectivity index (χ3v) is 3.73. The van der Waals surface area contributed by atoms with Crippen molar-refractivity contribution in [3.8, 4) is 0 Å². The maximum atomic E-state index is 11.6. The number of rotatable bonds is 1. The largest absolute Gasteiger partial charge is 0.454 e. The minimum absolute atomic E-state index is 0.0306. The highest BCUT2D eigenvalue weighted by molar-refractivity contribution is 6.30. The number of halogens is 1. The smallest absolute Gasteiger partial charge is 0.310 e. The Labute approximate surface area is 114 Å². The zero-order valence-electron chi connectivity index (χ0n) is 9.95. The number of cyclic esters (lactones) is 1. The molecule has 1 saturated heterocycles. The Bertz CT molecular complexity index is 518. The number of benzene rings is 1. The fourth-order valence-electron chi connectivity index (χ4n) is 2.54. The summed E-state index contributed by atoms with van der Waals surface area (Å²) in [4.78, 5) is 11.6. The molecule has 0 amide bonds. The van der Waals surface area contributed by atoms with Crippen molar-refractivity contribution in [3.63, 3.8) is 0 Å². The number of carbonyl (C=O) groups is 1. The van der Waals surface area contributed by atoms with E-state index in [1.165, 1.54) is 0 Å². The van der Waals surface area contributed by atoms with E-state index in [4.69, 9.17) is 21.1 Å². The molecule has 0 aliphatic carbocycles. The Hall–Kier alpha value is -1.14. The summed E-state index contributed by atoms with van der Waals surface area (Å²) >= 11 is 5.91. The van der Waals surface area contributed by atoms with Crippen LogP contribution in [0.4, 0.5) is 0 Å². The number of fused-ring (bicyclic) bond motifs is 1. The molecule has 19 heavy (non-hydrogen) atoms. The molecule has 0 spiro atoms. The van der Waals surface area contributed by atoms with Crippen molar-refractivity contribution in [2.24, 2.45) is 0 Å². The first-order valence-corrected chi connectivity index (χ1v) is 6.39. The predicted octanol–water partition coefficient (Wildman–Crippen LogP) is 0.601. The van der Waals surface area contributed by atoms with Crippen LogP contribution in [0.3, 0.4) is 0 Å². The van der Waals surface area contributed by atoms with Gasteiger partial charge in [0.1, 0.15) is 18.3 Å². The van der Waals surface area contributed by atoms with Crippen LogP contribution in [-0.2, 0) is 20.7 Å². The number of esters is 1. The average molecular weight is 285 g/mol. The van der Waals surface area contributed by atoms with Gasteiger partial charge in [-0.3, -0.25) is 4.79 Å². The maximum absolute atomic E-state index is 11.6. The van der Waals surface area contributed by atoms with Gasteiger partial charge in [-0.2, -0.15) is 0 Å². The van der Waals surface area contributed by atoms with Crippen molar-refractivity contribution in [2.75, 3.05) is 6.61 Å². The van der Waals surface area contributed by atoms with Crippen molar-refractivity contribution in [2.45, 2.75) is 30.8 Å². The number of hydrogen-bond donors (Lipinski definition) is 2. The molecule has 3 rings (SSSR count). The van der Waals surface area contributed by atoms with E-state index >= 15 is 0 Å². The zero-order valence-corrected chi connectivity index (χ0v) is 10.7. The Morgan fingerprint density at radius 1 is 1.32 bits per heavy atom. The van der Waals surface area contributed by atoms with E-state index in [2.05, 4.69) is 0 Å². The van der Waals surface area contributed by atoms with Gasteiger partial charge >= 0.3 is 5.97 Å². The number of aliphatic hydroxyl groups is 2. The fraction of sp³-hybridized carbons (Fsp3) is 0.462. The van der Waals surface area contributed by atoms with E-state index in [0.29, 0.717) is 5.02 Å². The molecule has 0 saturated carbocycles. The lowest BCUT2D eigenvalue weighted by atomic mass is 9.92. The highest BCUT2D eigenvalue weighted by atomic mass is 35.5. The van der Waals surface area contributed by atoms with Crippen LogP contribution in [0.2, 0.25) is 5.02 Å². The SMILES string of the molecule is O=C1Cc2cc(Cl)ccc2C(C2OCC(O)C2O)O1. The molecule has 1 fully saturated rings. The molecule has 1 aromatic rings. The van der Waals surface area contributed by atoms with Crippen LogP contribution < -0.4 is 0 Å². The number of aliphatic hydroxyl groups excluding tert-OH is 2. The van der Waals surface area contributed by atoms with Gasteiger partial charge < -0.3 is 19.7 Å². The molecule has 4 unspecified atom stereocenters. The van der Waals surface area contributed by atoms with Crippen LogP contribution in [0, 0.1) is 0 Å². The van der Waals surface area contributed by atoms with E-state index in [1.54, 1.807) is 18.2 Å². The van der Waals surface area contributed by atoms with E-state index < -0.39 is 30.4 Å². The summed E-state index contributed by atoms with van der Waals surface area (Å²) in [6.07, 6.45) is -3.33. The first-order valence-electron chi connectivity index (χ1n) is 6.02. The molecule has 6 heteroatoms. The second kappa shape index (κ2) is 4.76. The molecule has 0 bridgehead atoms. The second-order valence-electron chi connectivity index (χ2n) is 4.79. The molecule has 0 radical (unpaired) electrons. The standard InChI is InChI=1S/C13H13ClO5/c14-7-1-2-8-6(3-7)4-10(16)19-12(8)13-11(17)9(15)5-18-13/h1-3,9,11-13,15,17H,4-5H2. The Morgan fingerprint density at radius 2 is 2.11 bits per heavy atom. The first-order chi connectivity index (χ1) is 9.06. The Morgan fingerprint density at radius 3 is 2.79 bits per heavy atom. The minimum Gasteiger partial charge on any atom is -0.454 e. The molecule has 2 aliphatic heterocycles. The highest BCUT2D eigenvalue weighted by Gasteiger charge is 2.44. The Kier molecular flexibility index (Phi) is 3.22. The van der Waals surface area contributed by atoms with Crippen LogP contribution in [-0.4, -0.2) is 41.1 Å². The third-order valence-electron chi connectivity index (χ3n) is 3.49. The molecule has 2 aliphatic rings. The molecule has 102 valence electrons. The fourth-order valence-corrected chi connectivity index (χ4v) is 2.74. The second-order valence-corrected chi connectivity index (χ2v) is 5.22. The minimum atomic E-state index is -1.07. The molecule has 1 aromatic carbocycles. The monoisotopic (exact) mass is 284 g/mol. The lowest BCUT2D eigenvalue weighted by molar-refractivity contribution is -0.161. The van der Waals surface area contributed by atoms with E-state index in [1.807, 2.05) is 0 Å². The quantitative estimate of drug-likeness (QED) is 0.739. The molecule has 0 aromatic heterocycles. The van der Waals surface area contributed by atoms with Crippen LogP contribution in [0.1, 0.15) is 17.2 Å². The summed E-state index contributed by atoms with van der Waals surface area (Å²) in [6.45, 7) is 0.0306. The van der Waals surface area contributed by atoms with Crippen molar-refractivity contribution < 1.29 is 24.5 Å². The Balaban J connectivity index is 1.97. The third kappa shape index (κ3) is 2.23. The number of carbonyl (C=O) groups excluding carboxylic acids is 1. The first kappa shape index (κ1) is 12.9. The number of ether oxygens (including phenoxy) is 2. The van der Waals surface area contributed by atoms with Crippen molar-refractivity contribution in [3.05, 3.63) is 34.3 Å². The molecule has 4 atom stereocenters. The summed E-state index contributed by atoms with van der Waals surface area (Å²) in [5, 5.41) is 19.9. The van der Waals surface area contributed by atoms with Crippen molar-refractivity contribution >= 4 is 17.6 Å². The molecular formula is C13H13ClO5. The molecule has 5 nitrogen and oxygen atoms in total. The molecule has 2 heterocycles. The van der Waals surface area contributed by atoms with Crippen LogP contribution in [0.25, 0.3) is 0 Å². The van der Waals surface area contributed by atoms with Crippen LogP contribution in [0.15, 0.2) is 18.2 Å². The van der Waals surface area contributed by atoms with Gasteiger partial charge in [0.25, 0.3) is 0 Å². The lowest BCUT2D eigenvalue weighted by Crippen LogP contribution is -2.38. The lowest BCUT2D eigenvalue weighted by Gasteiger charge is -2.30. The summed E-state index contributed by atoms with van der Waals surface area (Å²) in [5.74, 6) is -0.392. The van der Waals surface area contributed by atoms with Gasteiger partial charge in [-0.05, 0) is 23.3 Å².